The number of ether oxygens (including phenoxy) is 3. The van der Waals surface area contributed by atoms with Gasteiger partial charge in [-0.1, -0.05) is 11.3 Å². The molecule has 0 amide bonds. The van der Waals surface area contributed by atoms with Crippen LogP contribution in [0.2, 0.25) is 0 Å². The maximum Gasteiger partial charge on any atom is 0.338 e. The fraction of sp³-hybridized carbons (Fsp3) is 0.207. The van der Waals surface area contributed by atoms with Crippen LogP contribution >= 0.6 is 23.1 Å². The lowest BCUT2D eigenvalue weighted by Gasteiger charge is -2.26. The summed E-state index contributed by atoms with van der Waals surface area (Å²) < 4.78 is 18.1. The van der Waals surface area contributed by atoms with Crippen LogP contribution in [0.25, 0.3) is 6.08 Å². The Balaban J connectivity index is 1.75. The number of nitro groups is 1. The molecule has 5 rings (SSSR count). The highest BCUT2D eigenvalue weighted by atomic mass is 32.2. The van der Waals surface area contributed by atoms with Crippen molar-refractivity contribution < 1.29 is 23.9 Å². The van der Waals surface area contributed by atoms with Crippen LogP contribution in [0, 0.1) is 10.1 Å². The first-order valence-electron chi connectivity index (χ1n) is 12.9. The third kappa shape index (κ3) is 5.92. The molecule has 0 N–H and O–H groups in total. The summed E-state index contributed by atoms with van der Waals surface area (Å²) >= 11 is 2.31. The Hall–Kier alpha value is -4.82. The third-order valence-corrected chi connectivity index (χ3v) is 8.45. The third-order valence-electron chi connectivity index (χ3n) is 6.48. The minimum Gasteiger partial charge on any atom is -0.497 e. The van der Waals surface area contributed by atoms with Gasteiger partial charge in [-0.15, -0.1) is 0 Å². The summed E-state index contributed by atoms with van der Waals surface area (Å²) in [7, 11) is 3.01. The van der Waals surface area contributed by atoms with Crippen LogP contribution in [0.4, 0.5) is 5.69 Å². The van der Waals surface area contributed by atoms with E-state index < -0.39 is 22.5 Å². The molecule has 220 valence electrons. The van der Waals surface area contributed by atoms with Crippen LogP contribution in [0.15, 0.2) is 86.0 Å². The summed E-state index contributed by atoms with van der Waals surface area (Å²) in [6, 6.07) is 10.2. The molecule has 12 nitrogen and oxygen atoms in total. The van der Waals surface area contributed by atoms with Gasteiger partial charge in [0.05, 0.1) is 41.6 Å². The minimum absolute atomic E-state index is 0.125. The fourth-order valence-electron chi connectivity index (χ4n) is 4.57. The van der Waals surface area contributed by atoms with E-state index in [1.807, 2.05) is 0 Å². The highest BCUT2D eigenvalue weighted by Gasteiger charge is 2.35. The maximum atomic E-state index is 14.1. The van der Waals surface area contributed by atoms with E-state index in [1.54, 1.807) is 62.6 Å². The van der Waals surface area contributed by atoms with Crippen LogP contribution in [0.3, 0.4) is 0 Å². The van der Waals surface area contributed by atoms with Gasteiger partial charge in [-0.3, -0.25) is 19.5 Å². The fourth-order valence-corrected chi connectivity index (χ4v) is 6.40. The van der Waals surface area contributed by atoms with E-state index in [0.29, 0.717) is 43.2 Å². The molecule has 0 aliphatic carbocycles. The van der Waals surface area contributed by atoms with E-state index in [-0.39, 0.29) is 22.4 Å². The number of nitrogens with zero attached hydrogens (tertiary/aromatic N) is 5. The number of nitro benzene ring substituents is 1. The molecule has 2 aromatic carbocycles. The molecule has 14 heteroatoms. The van der Waals surface area contributed by atoms with E-state index in [4.69, 9.17) is 14.2 Å². The first kappa shape index (κ1) is 29.7. The lowest BCUT2D eigenvalue weighted by atomic mass is 9.94. The van der Waals surface area contributed by atoms with Crippen molar-refractivity contribution in [2.24, 2.45) is 4.99 Å². The van der Waals surface area contributed by atoms with Gasteiger partial charge >= 0.3 is 5.97 Å². The summed E-state index contributed by atoms with van der Waals surface area (Å²) in [5, 5.41) is 12.1. The first-order chi connectivity index (χ1) is 20.7. The smallest absolute Gasteiger partial charge is 0.338 e. The molecular formula is C29H25N5O7S2. The van der Waals surface area contributed by atoms with Crippen molar-refractivity contribution in [1.29, 1.82) is 0 Å². The molecule has 0 radical (unpaired) electrons. The van der Waals surface area contributed by atoms with Crippen molar-refractivity contribution in [3.05, 3.63) is 107 Å². The van der Waals surface area contributed by atoms with Crippen LogP contribution < -0.4 is 24.4 Å². The van der Waals surface area contributed by atoms with E-state index >= 15 is 0 Å². The number of aromatic nitrogens is 3. The van der Waals surface area contributed by atoms with Gasteiger partial charge in [0, 0.05) is 35.0 Å². The Labute approximate surface area is 253 Å². The number of methoxy groups -OCH3 is 2. The van der Waals surface area contributed by atoms with Gasteiger partial charge in [-0.25, -0.2) is 19.8 Å². The zero-order valence-corrected chi connectivity index (χ0v) is 25.1. The van der Waals surface area contributed by atoms with Crippen LogP contribution in [0.1, 0.15) is 31.0 Å². The number of non-ortho nitro benzene ring substituents is 1. The number of fused-ring (bicyclic) bond motifs is 1. The Kier molecular flexibility index (Phi) is 8.68. The Morgan fingerprint density at radius 2 is 1.93 bits per heavy atom. The van der Waals surface area contributed by atoms with Crippen molar-refractivity contribution in [2.45, 2.75) is 29.9 Å². The van der Waals surface area contributed by atoms with Crippen molar-refractivity contribution in [3.63, 3.8) is 0 Å². The molecule has 1 atom stereocenters. The summed E-state index contributed by atoms with van der Waals surface area (Å²) in [5.41, 5.74) is 0.894. The average molecular weight is 620 g/mol. The number of hydrogen-bond donors (Lipinski definition) is 0. The summed E-state index contributed by atoms with van der Waals surface area (Å²) in [5.74, 6) is 0.308. The molecule has 1 aliphatic rings. The average Bonchev–Trinajstić information content (AvgIpc) is 3.31. The van der Waals surface area contributed by atoms with Gasteiger partial charge in [0.1, 0.15) is 17.5 Å². The number of carbonyl (C=O) groups is 1. The van der Waals surface area contributed by atoms with Crippen molar-refractivity contribution in [3.8, 4) is 11.5 Å². The molecule has 2 aromatic heterocycles. The maximum absolute atomic E-state index is 14.1. The van der Waals surface area contributed by atoms with Crippen LogP contribution in [-0.2, 0) is 9.53 Å². The number of rotatable bonds is 9. The van der Waals surface area contributed by atoms with E-state index in [2.05, 4.69) is 15.0 Å². The normalized spacial score (nSPS) is 14.6. The standard InChI is InChI=1S/C29H25N5O7S2/c1-5-41-27(36)24-16(2)32-29-33(25(24)20-15-19(39-3)8-9-21(20)40-4)26(35)23(43-29)14-17-13-18(34(37)38)7-10-22(17)42-28-30-11-6-12-31-28/h6-15,25H,5H2,1-4H3/b23-14+/t25-/m0/s1. The summed E-state index contributed by atoms with van der Waals surface area (Å²) in [6.45, 7) is 3.50. The largest absolute Gasteiger partial charge is 0.497 e. The predicted molar refractivity (Wildman–Crippen MR) is 159 cm³/mol. The van der Waals surface area contributed by atoms with E-state index in [0.717, 1.165) is 11.3 Å². The highest BCUT2D eigenvalue weighted by molar-refractivity contribution is 7.99. The number of allylic oxidation sites excluding steroid dienone is 1. The van der Waals surface area contributed by atoms with Gasteiger partial charge in [0.25, 0.3) is 11.2 Å². The molecule has 0 saturated heterocycles. The molecule has 0 fully saturated rings. The van der Waals surface area contributed by atoms with E-state index in [1.165, 1.54) is 42.7 Å². The second-order valence-corrected chi connectivity index (χ2v) is 11.0. The molecule has 3 heterocycles. The lowest BCUT2D eigenvalue weighted by molar-refractivity contribution is -0.384. The minimum atomic E-state index is -0.945. The van der Waals surface area contributed by atoms with Crippen LogP contribution in [-0.4, -0.2) is 46.3 Å². The quantitative estimate of drug-likeness (QED) is 0.118. The Morgan fingerprint density at radius 3 is 2.60 bits per heavy atom. The zero-order valence-electron chi connectivity index (χ0n) is 23.5. The number of thiazole rings is 1. The number of esters is 1. The molecule has 4 aromatic rings. The highest BCUT2D eigenvalue weighted by Crippen LogP contribution is 2.38. The molecule has 0 bridgehead atoms. The number of carbonyl (C=O) groups excluding carboxylic acids is 1. The van der Waals surface area contributed by atoms with E-state index in [9.17, 15) is 19.7 Å². The van der Waals surface area contributed by atoms with Gasteiger partial charge in [0.15, 0.2) is 9.96 Å². The van der Waals surface area contributed by atoms with Gasteiger partial charge in [0.2, 0.25) is 0 Å². The second-order valence-electron chi connectivity index (χ2n) is 9.02. The zero-order chi connectivity index (χ0) is 30.7. The molecule has 0 unspecified atom stereocenters. The summed E-state index contributed by atoms with van der Waals surface area (Å²) in [4.78, 5) is 52.5. The molecule has 0 saturated carbocycles. The summed E-state index contributed by atoms with van der Waals surface area (Å²) in [6.07, 6.45) is 4.76. The van der Waals surface area contributed by atoms with Gasteiger partial charge in [-0.2, -0.15) is 0 Å². The molecule has 43 heavy (non-hydrogen) atoms. The lowest BCUT2D eigenvalue weighted by Crippen LogP contribution is -2.40. The SMILES string of the molecule is CCOC(=O)C1=C(C)N=c2s/c(=C/c3cc([N+](=O)[O-])ccc3Sc3ncccn3)c(=O)n2[C@H]1c1cc(OC)ccc1OC. The van der Waals surface area contributed by atoms with Gasteiger partial charge in [-0.05, 0) is 67.6 Å². The molecular weight excluding hydrogens is 594 g/mol. The van der Waals surface area contributed by atoms with Crippen molar-refractivity contribution in [1.82, 2.24) is 14.5 Å². The topological polar surface area (TPSA) is 148 Å². The monoisotopic (exact) mass is 619 g/mol. The second kappa shape index (κ2) is 12.6. The molecule has 0 spiro atoms. The van der Waals surface area contributed by atoms with Crippen molar-refractivity contribution >= 4 is 40.8 Å². The number of benzene rings is 2. The molecule has 1 aliphatic heterocycles. The Morgan fingerprint density at radius 1 is 1.16 bits per heavy atom. The van der Waals surface area contributed by atoms with Gasteiger partial charge < -0.3 is 14.2 Å². The van der Waals surface area contributed by atoms with Crippen LogP contribution in [0.5, 0.6) is 11.5 Å². The first-order valence-corrected chi connectivity index (χ1v) is 14.5. The number of hydrogen-bond acceptors (Lipinski definition) is 12. The predicted octanol–water partition coefficient (Wildman–Crippen LogP) is 3.66. The Bertz CT molecular complexity index is 1940. The van der Waals surface area contributed by atoms with Crippen molar-refractivity contribution in [2.75, 3.05) is 20.8 Å².